The van der Waals surface area contributed by atoms with Crippen LogP contribution in [0.5, 0.6) is 0 Å². The lowest BCUT2D eigenvalue weighted by Gasteiger charge is -2.09. The minimum absolute atomic E-state index is 0.271. The van der Waals surface area contributed by atoms with Gasteiger partial charge >= 0.3 is 0 Å². The Bertz CT molecular complexity index is 1000. The SMILES string of the molecule is CCc1nc(N)ccc1C#Cc1c(-c2cccc(F)c2)ccnc1CC. The summed E-state index contributed by atoms with van der Waals surface area (Å²) < 4.78 is 13.7. The smallest absolute Gasteiger partial charge is 0.123 e. The van der Waals surface area contributed by atoms with Crippen molar-refractivity contribution in [1.82, 2.24) is 9.97 Å². The normalized spacial score (nSPS) is 10.3. The molecule has 4 heteroatoms. The molecule has 130 valence electrons. The summed E-state index contributed by atoms with van der Waals surface area (Å²) in [7, 11) is 0. The number of hydrogen-bond donors (Lipinski definition) is 1. The van der Waals surface area contributed by atoms with Gasteiger partial charge in [-0.05, 0) is 48.7 Å². The number of aromatic nitrogens is 2. The third-order valence-electron chi connectivity index (χ3n) is 4.15. The van der Waals surface area contributed by atoms with E-state index >= 15 is 0 Å². The van der Waals surface area contributed by atoms with Gasteiger partial charge in [-0.3, -0.25) is 4.98 Å². The standard InChI is InChI=1S/C22H20FN3/c1-3-20-15(9-11-22(24)26-20)8-10-19-18(12-13-25-21(19)4-2)16-6-5-7-17(23)14-16/h5-7,9,11-14H,3-4H2,1-2H3,(H2,24,26). The number of nitrogens with zero attached hydrogens (tertiary/aromatic N) is 2. The Morgan fingerprint density at radius 3 is 2.54 bits per heavy atom. The van der Waals surface area contributed by atoms with E-state index in [0.29, 0.717) is 5.82 Å². The molecule has 1 aromatic carbocycles. The van der Waals surface area contributed by atoms with Crippen molar-refractivity contribution in [2.45, 2.75) is 26.7 Å². The van der Waals surface area contributed by atoms with Crippen LogP contribution in [0, 0.1) is 17.7 Å². The number of anilines is 1. The molecule has 2 N–H and O–H groups in total. The third kappa shape index (κ3) is 3.73. The maximum atomic E-state index is 13.7. The zero-order chi connectivity index (χ0) is 18.5. The zero-order valence-electron chi connectivity index (χ0n) is 14.9. The first kappa shape index (κ1) is 17.6. The van der Waals surface area contributed by atoms with Crippen molar-refractivity contribution in [2.24, 2.45) is 0 Å². The van der Waals surface area contributed by atoms with Gasteiger partial charge in [-0.25, -0.2) is 9.37 Å². The van der Waals surface area contributed by atoms with Crippen molar-refractivity contribution < 1.29 is 4.39 Å². The number of aryl methyl sites for hydroxylation is 2. The Balaban J connectivity index is 2.14. The number of benzene rings is 1. The van der Waals surface area contributed by atoms with Gasteiger partial charge in [-0.15, -0.1) is 0 Å². The van der Waals surface area contributed by atoms with Gasteiger partial charge in [0.2, 0.25) is 0 Å². The largest absolute Gasteiger partial charge is 0.384 e. The van der Waals surface area contributed by atoms with E-state index in [1.165, 1.54) is 12.1 Å². The minimum Gasteiger partial charge on any atom is -0.384 e. The summed E-state index contributed by atoms with van der Waals surface area (Å²) >= 11 is 0. The highest BCUT2D eigenvalue weighted by Gasteiger charge is 2.10. The van der Waals surface area contributed by atoms with Crippen LogP contribution >= 0.6 is 0 Å². The molecular formula is C22H20FN3. The fraction of sp³-hybridized carbons (Fsp3) is 0.182. The molecule has 0 amide bonds. The van der Waals surface area contributed by atoms with E-state index < -0.39 is 0 Å². The highest BCUT2D eigenvalue weighted by atomic mass is 19.1. The molecule has 0 fully saturated rings. The molecule has 0 aliphatic carbocycles. The Morgan fingerprint density at radius 2 is 1.81 bits per heavy atom. The molecular weight excluding hydrogens is 325 g/mol. The second-order valence-electron chi connectivity index (χ2n) is 5.88. The monoisotopic (exact) mass is 345 g/mol. The molecule has 3 aromatic rings. The average molecular weight is 345 g/mol. The molecule has 3 rings (SSSR count). The topological polar surface area (TPSA) is 51.8 Å². The molecule has 0 saturated heterocycles. The average Bonchev–Trinajstić information content (AvgIpc) is 2.66. The lowest BCUT2D eigenvalue weighted by molar-refractivity contribution is 0.628. The molecule has 2 aromatic heterocycles. The van der Waals surface area contributed by atoms with Crippen LogP contribution in [0.1, 0.15) is 36.4 Å². The van der Waals surface area contributed by atoms with Crippen molar-refractivity contribution in [3.8, 4) is 23.0 Å². The number of halogens is 1. The summed E-state index contributed by atoms with van der Waals surface area (Å²) in [5.41, 5.74) is 10.9. The highest BCUT2D eigenvalue weighted by molar-refractivity contribution is 5.72. The van der Waals surface area contributed by atoms with Gasteiger partial charge in [-0.2, -0.15) is 0 Å². The van der Waals surface area contributed by atoms with Gasteiger partial charge in [0.05, 0.1) is 17.0 Å². The van der Waals surface area contributed by atoms with Crippen molar-refractivity contribution in [2.75, 3.05) is 5.73 Å². The summed E-state index contributed by atoms with van der Waals surface area (Å²) in [5, 5.41) is 0. The first-order chi connectivity index (χ1) is 12.6. The van der Waals surface area contributed by atoms with Gasteiger partial charge in [0.1, 0.15) is 11.6 Å². The van der Waals surface area contributed by atoms with E-state index in [4.69, 9.17) is 5.73 Å². The number of nitrogens with two attached hydrogens (primary N) is 1. The molecule has 26 heavy (non-hydrogen) atoms. The summed E-state index contributed by atoms with van der Waals surface area (Å²) in [4.78, 5) is 8.79. The van der Waals surface area contributed by atoms with Crippen molar-refractivity contribution >= 4 is 5.82 Å². The minimum atomic E-state index is -0.271. The second-order valence-corrected chi connectivity index (χ2v) is 5.88. The predicted octanol–water partition coefficient (Wildman–Crippen LogP) is 4.39. The lowest BCUT2D eigenvalue weighted by Crippen LogP contribution is -1.99. The van der Waals surface area contributed by atoms with Gasteiger partial charge in [0.15, 0.2) is 0 Å². The first-order valence-corrected chi connectivity index (χ1v) is 8.63. The van der Waals surface area contributed by atoms with E-state index in [-0.39, 0.29) is 5.82 Å². The van der Waals surface area contributed by atoms with Crippen LogP contribution in [0.15, 0.2) is 48.7 Å². The Kier molecular flexibility index (Phi) is 5.28. The Labute approximate surface area is 153 Å². The molecule has 0 unspecified atom stereocenters. The summed E-state index contributed by atoms with van der Waals surface area (Å²) in [5.74, 6) is 6.67. The fourth-order valence-corrected chi connectivity index (χ4v) is 2.84. The number of pyridine rings is 2. The van der Waals surface area contributed by atoms with Gasteiger partial charge in [-0.1, -0.05) is 37.8 Å². The molecule has 0 aliphatic heterocycles. The lowest BCUT2D eigenvalue weighted by atomic mass is 9.98. The number of nitrogen functional groups attached to an aromatic ring is 1. The van der Waals surface area contributed by atoms with Crippen LogP contribution < -0.4 is 5.73 Å². The molecule has 0 atom stereocenters. The number of rotatable bonds is 3. The van der Waals surface area contributed by atoms with E-state index in [2.05, 4.69) is 21.8 Å². The van der Waals surface area contributed by atoms with E-state index in [0.717, 1.165) is 46.5 Å². The van der Waals surface area contributed by atoms with Crippen molar-refractivity contribution in [1.29, 1.82) is 0 Å². The molecule has 0 radical (unpaired) electrons. The Hall–Kier alpha value is -3.19. The summed E-state index contributed by atoms with van der Waals surface area (Å²) in [6, 6.07) is 12.0. The molecule has 2 heterocycles. The first-order valence-electron chi connectivity index (χ1n) is 8.63. The van der Waals surface area contributed by atoms with Crippen molar-refractivity contribution in [3.63, 3.8) is 0 Å². The highest BCUT2D eigenvalue weighted by Crippen LogP contribution is 2.26. The van der Waals surface area contributed by atoms with Gasteiger partial charge < -0.3 is 5.73 Å². The van der Waals surface area contributed by atoms with Crippen LogP contribution in [0.3, 0.4) is 0 Å². The second kappa shape index (κ2) is 7.79. The third-order valence-corrected chi connectivity index (χ3v) is 4.15. The zero-order valence-corrected chi connectivity index (χ0v) is 14.9. The van der Waals surface area contributed by atoms with Crippen LogP contribution in [-0.2, 0) is 12.8 Å². The van der Waals surface area contributed by atoms with Crippen LogP contribution in [-0.4, -0.2) is 9.97 Å². The van der Waals surface area contributed by atoms with Crippen molar-refractivity contribution in [3.05, 3.63) is 77.0 Å². The quantitative estimate of drug-likeness (QED) is 0.716. The van der Waals surface area contributed by atoms with Crippen LogP contribution in [0.4, 0.5) is 10.2 Å². The van der Waals surface area contributed by atoms with E-state index in [1.54, 1.807) is 18.3 Å². The van der Waals surface area contributed by atoms with E-state index in [1.807, 2.05) is 32.0 Å². The van der Waals surface area contributed by atoms with Gasteiger partial charge in [0.25, 0.3) is 0 Å². The summed E-state index contributed by atoms with van der Waals surface area (Å²) in [6.07, 6.45) is 3.24. The maximum Gasteiger partial charge on any atom is 0.123 e. The molecule has 0 spiro atoms. The fourth-order valence-electron chi connectivity index (χ4n) is 2.84. The molecule has 3 nitrogen and oxygen atoms in total. The summed E-state index contributed by atoms with van der Waals surface area (Å²) in [6.45, 7) is 4.05. The van der Waals surface area contributed by atoms with E-state index in [9.17, 15) is 4.39 Å². The van der Waals surface area contributed by atoms with Gasteiger partial charge in [0, 0.05) is 17.3 Å². The molecule has 0 aliphatic rings. The number of hydrogen-bond acceptors (Lipinski definition) is 3. The van der Waals surface area contributed by atoms with Crippen LogP contribution in [0.2, 0.25) is 0 Å². The van der Waals surface area contributed by atoms with Crippen LogP contribution in [0.25, 0.3) is 11.1 Å². The Morgan fingerprint density at radius 1 is 1.00 bits per heavy atom. The molecule has 0 bridgehead atoms. The maximum absolute atomic E-state index is 13.7. The predicted molar refractivity (Wildman–Crippen MR) is 103 cm³/mol. The molecule has 0 saturated carbocycles.